The molecule has 0 saturated heterocycles. The fourth-order valence-corrected chi connectivity index (χ4v) is 5.20. The quantitative estimate of drug-likeness (QED) is 0.825. The largest absolute Gasteiger partial charge is 0.445 e. The van der Waals surface area contributed by atoms with Crippen LogP contribution in [0.3, 0.4) is 0 Å². The number of fused-ring (bicyclic) bond motifs is 2. The molecule has 3 aliphatic carbocycles. The van der Waals surface area contributed by atoms with Crippen molar-refractivity contribution in [3.63, 3.8) is 0 Å². The van der Waals surface area contributed by atoms with Crippen LogP contribution in [0.5, 0.6) is 0 Å². The van der Waals surface area contributed by atoms with Gasteiger partial charge in [-0.3, -0.25) is 0 Å². The lowest BCUT2D eigenvalue weighted by Gasteiger charge is -2.40. The molecule has 1 aromatic carbocycles. The Bertz CT molecular complexity index is 585. The third-order valence-corrected chi connectivity index (χ3v) is 6.61. The van der Waals surface area contributed by atoms with Crippen LogP contribution in [0, 0.1) is 17.8 Å². The minimum atomic E-state index is -0.298. The summed E-state index contributed by atoms with van der Waals surface area (Å²) >= 11 is 0. The van der Waals surface area contributed by atoms with Gasteiger partial charge in [0, 0.05) is 18.1 Å². The molecule has 25 heavy (non-hydrogen) atoms. The number of hydrogen-bond donors (Lipinski definition) is 2. The van der Waals surface area contributed by atoms with E-state index < -0.39 is 0 Å². The zero-order valence-corrected chi connectivity index (χ0v) is 15.1. The predicted octanol–water partition coefficient (Wildman–Crippen LogP) is 3.86. The summed E-state index contributed by atoms with van der Waals surface area (Å²) in [5, 5.41) is 6.80. The van der Waals surface area contributed by atoms with Crippen LogP contribution in [-0.2, 0) is 11.3 Å². The topological polar surface area (TPSA) is 50.4 Å². The zero-order valence-electron chi connectivity index (χ0n) is 15.1. The summed E-state index contributed by atoms with van der Waals surface area (Å²) in [5.41, 5.74) is 1.02. The second-order valence-electron chi connectivity index (χ2n) is 8.37. The molecule has 0 aromatic heterocycles. The van der Waals surface area contributed by atoms with Gasteiger partial charge in [0.05, 0.1) is 0 Å². The van der Waals surface area contributed by atoms with Crippen molar-refractivity contribution in [1.29, 1.82) is 0 Å². The number of benzene rings is 1. The molecule has 0 heterocycles. The fourth-order valence-electron chi connectivity index (χ4n) is 5.20. The van der Waals surface area contributed by atoms with E-state index in [0.717, 1.165) is 36.2 Å². The summed E-state index contributed by atoms with van der Waals surface area (Å²) in [5.74, 6) is 2.85. The number of hydrogen-bond acceptors (Lipinski definition) is 3. The number of carbonyl (C=O) groups is 1. The standard InChI is InChI=1S/C21H30N2O2/c1-14(20-10-16-7-8-17(20)9-16)22-18-11-19(12-18)23-21(24)25-13-15-5-3-2-4-6-15/h2-6,14,16-20,22H,7-13H2,1H3,(H,23,24). The van der Waals surface area contributed by atoms with E-state index in [4.69, 9.17) is 4.74 Å². The van der Waals surface area contributed by atoms with Crippen molar-refractivity contribution in [3.8, 4) is 0 Å². The van der Waals surface area contributed by atoms with Gasteiger partial charge in [0.2, 0.25) is 0 Å². The van der Waals surface area contributed by atoms with E-state index in [9.17, 15) is 4.79 Å². The summed E-state index contributed by atoms with van der Waals surface area (Å²) in [7, 11) is 0. The van der Waals surface area contributed by atoms with Crippen LogP contribution in [0.25, 0.3) is 0 Å². The van der Waals surface area contributed by atoms with Gasteiger partial charge in [0.1, 0.15) is 6.61 Å². The van der Waals surface area contributed by atoms with Crippen molar-refractivity contribution < 1.29 is 9.53 Å². The smallest absolute Gasteiger partial charge is 0.407 e. The van der Waals surface area contributed by atoms with Gasteiger partial charge in [-0.25, -0.2) is 4.79 Å². The van der Waals surface area contributed by atoms with Crippen molar-refractivity contribution in [1.82, 2.24) is 10.6 Å². The maximum absolute atomic E-state index is 11.9. The van der Waals surface area contributed by atoms with E-state index in [1.54, 1.807) is 0 Å². The van der Waals surface area contributed by atoms with Crippen molar-refractivity contribution in [3.05, 3.63) is 35.9 Å². The molecule has 4 atom stereocenters. The van der Waals surface area contributed by atoms with Crippen LogP contribution >= 0.6 is 0 Å². The van der Waals surface area contributed by atoms with E-state index in [1.807, 2.05) is 30.3 Å². The lowest BCUT2D eigenvalue weighted by atomic mass is 9.81. The Hall–Kier alpha value is -1.55. The highest BCUT2D eigenvalue weighted by molar-refractivity contribution is 5.67. The Labute approximate surface area is 150 Å². The first-order chi connectivity index (χ1) is 12.2. The number of rotatable bonds is 6. The molecule has 4 unspecified atom stereocenters. The Morgan fingerprint density at radius 1 is 1.12 bits per heavy atom. The van der Waals surface area contributed by atoms with E-state index >= 15 is 0 Å². The van der Waals surface area contributed by atoms with Crippen LogP contribution < -0.4 is 10.6 Å². The van der Waals surface area contributed by atoms with Crippen LogP contribution in [-0.4, -0.2) is 24.2 Å². The Morgan fingerprint density at radius 2 is 1.92 bits per heavy atom. The fraction of sp³-hybridized carbons (Fsp3) is 0.667. The molecular formula is C21H30N2O2. The van der Waals surface area contributed by atoms with Gasteiger partial charge in [0.25, 0.3) is 0 Å². The number of amides is 1. The number of ether oxygens (including phenoxy) is 1. The molecule has 0 spiro atoms. The van der Waals surface area contributed by atoms with Crippen LogP contribution in [0.2, 0.25) is 0 Å². The summed E-state index contributed by atoms with van der Waals surface area (Å²) in [6.45, 7) is 2.70. The molecule has 3 aliphatic rings. The Morgan fingerprint density at radius 3 is 2.60 bits per heavy atom. The number of alkyl carbamates (subject to hydrolysis) is 1. The lowest BCUT2D eigenvalue weighted by molar-refractivity contribution is 0.122. The van der Waals surface area contributed by atoms with Crippen molar-refractivity contribution >= 4 is 6.09 Å². The maximum atomic E-state index is 11.9. The van der Waals surface area contributed by atoms with Gasteiger partial charge in [-0.05, 0) is 62.3 Å². The third kappa shape index (κ3) is 4.00. The molecule has 0 aliphatic heterocycles. The van der Waals surface area contributed by atoms with Gasteiger partial charge < -0.3 is 15.4 Å². The van der Waals surface area contributed by atoms with Gasteiger partial charge in [-0.15, -0.1) is 0 Å². The second kappa shape index (κ2) is 7.36. The number of nitrogens with one attached hydrogen (secondary N) is 2. The molecule has 1 amide bonds. The highest BCUT2D eigenvalue weighted by atomic mass is 16.5. The Balaban J connectivity index is 1.13. The SMILES string of the molecule is CC(NC1CC(NC(=O)OCc2ccccc2)C1)C1CC2CCC1C2. The summed E-state index contributed by atoms with van der Waals surface area (Å²) in [4.78, 5) is 11.9. The monoisotopic (exact) mass is 342 g/mol. The molecule has 4 heteroatoms. The first-order valence-corrected chi connectivity index (χ1v) is 9.90. The second-order valence-corrected chi connectivity index (χ2v) is 8.37. The van der Waals surface area contributed by atoms with Crippen molar-refractivity contribution in [2.45, 2.75) is 70.2 Å². The highest BCUT2D eigenvalue weighted by Crippen LogP contribution is 2.49. The molecule has 2 bridgehead atoms. The van der Waals surface area contributed by atoms with E-state index in [2.05, 4.69) is 17.6 Å². The zero-order chi connectivity index (χ0) is 17.2. The van der Waals surface area contributed by atoms with Gasteiger partial charge in [0.15, 0.2) is 0 Å². The average molecular weight is 342 g/mol. The average Bonchev–Trinajstić information content (AvgIpc) is 3.22. The molecule has 3 saturated carbocycles. The van der Waals surface area contributed by atoms with Gasteiger partial charge in [-0.1, -0.05) is 36.8 Å². The van der Waals surface area contributed by atoms with Crippen molar-refractivity contribution in [2.24, 2.45) is 17.8 Å². The molecule has 3 fully saturated rings. The highest BCUT2D eigenvalue weighted by Gasteiger charge is 2.43. The molecule has 0 radical (unpaired) electrons. The van der Waals surface area contributed by atoms with Crippen LogP contribution in [0.1, 0.15) is 51.0 Å². The van der Waals surface area contributed by atoms with Crippen LogP contribution in [0.15, 0.2) is 30.3 Å². The maximum Gasteiger partial charge on any atom is 0.407 e. The minimum absolute atomic E-state index is 0.257. The molecule has 2 N–H and O–H groups in total. The van der Waals surface area contributed by atoms with E-state index in [1.165, 1.54) is 25.7 Å². The molecule has 1 aromatic rings. The van der Waals surface area contributed by atoms with Crippen molar-refractivity contribution in [2.75, 3.05) is 0 Å². The molecule has 4 rings (SSSR count). The predicted molar refractivity (Wildman–Crippen MR) is 98.1 cm³/mol. The molecule has 4 nitrogen and oxygen atoms in total. The first-order valence-electron chi connectivity index (χ1n) is 9.90. The van der Waals surface area contributed by atoms with E-state index in [0.29, 0.717) is 18.7 Å². The lowest BCUT2D eigenvalue weighted by Crippen LogP contribution is -2.55. The van der Waals surface area contributed by atoms with Gasteiger partial charge in [-0.2, -0.15) is 0 Å². The molecule has 136 valence electrons. The summed E-state index contributed by atoms with van der Waals surface area (Å²) in [6.07, 6.45) is 7.56. The molecular weight excluding hydrogens is 312 g/mol. The third-order valence-electron chi connectivity index (χ3n) is 6.61. The Kier molecular flexibility index (Phi) is 4.98. The minimum Gasteiger partial charge on any atom is -0.445 e. The number of carbonyl (C=O) groups excluding carboxylic acids is 1. The van der Waals surface area contributed by atoms with E-state index in [-0.39, 0.29) is 12.1 Å². The first kappa shape index (κ1) is 16.9. The van der Waals surface area contributed by atoms with Crippen LogP contribution in [0.4, 0.5) is 4.79 Å². The summed E-state index contributed by atoms with van der Waals surface area (Å²) in [6, 6.07) is 11.2. The van der Waals surface area contributed by atoms with Gasteiger partial charge >= 0.3 is 6.09 Å². The summed E-state index contributed by atoms with van der Waals surface area (Å²) < 4.78 is 5.30. The normalized spacial score (nSPS) is 34.4.